The zero-order valence-electron chi connectivity index (χ0n) is 35.4. The molecule has 7 rings (SSSR count). The van der Waals surface area contributed by atoms with Gasteiger partial charge < -0.3 is 25.2 Å². The standard InChI is InChI=1S/C46H52F3N7O6/c1-44(2)42(45(3,4)43(44)62-31-16-15-30(27-50)33(26-31)46(47,48)49)53-38(58)29-13-11-28(12-14-29)8-6-20-54-22-24-55(25-23-54)21-7-19-51-34-10-5-9-32-37(34)41(61)56(40(32)60)35-17-18-36(57)52-39(35)59/h5,9-16,26,35,42-43,51H,6-8,17-25H2,1-4H3,(H,53,58)(H,52,57,59)/t35?,42-,43-. The van der Waals surface area contributed by atoms with Gasteiger partial charge in [0.2, 0.25) is 11.8 Å². The summed E-state index contributed by atoms with van der Waals surface area (Å²) in [7, 11) is 0. The van der Waals surface area contributed by atoms with Crippen molar-refractivity contribution >= 4 is 35.2 Å². The number of benzene rings is 3. The number of imide groups is 2. The first-order valence-electron chi connectivity index (χ1n) is 21.1. The van der Waals surface area contributed by atoms with Crippen LogP contribution < -0.4 is 20.7 Å². The second-order valence-corrected chi connectivity index (χ2v) is 17.8. The number of amides is 5. The van der Waals surface area contributed by atoms with Crippen molar-refractivity contribution in [3.63, 3.8) is 0 Å². The Bertz CT molecular complexity index is 2260. The van der Waals surface area contributed by atoms with E-state index in [0.717, 1.165) is 81.1 Å². The first-order chi connectivity index (χ1) is 29.4. The lowest BCUT2D eigenvalue weighted by molar-refractivity contribution is -0.164. The summed E-state index contributed by atoms with van der Waals surface area (Å²) in [6.07, 6.45) is -2.36. The van der Waals surface area contributed by atoms with Crippen molar-refractivity contribution < 1.29 is 41.9 Å². The molecule has 1 unspecified atom stereocenters. The summed E-state index contributed by atoms with van der Waals surface area (Å²) >= 11 is 0. The number of nitrogens with one attached hydrogen (secondary N) is 3. The number of halogens is 3. The van der Waals surface area contributed by atoms with Gasteiger partial charge in [-0.05, 0) is 86.8 Å². The molecule has 0 bridgehead atoms. The molecule has 0 radical (unpaired) electrons. The molecule has 13 nitrogen and oxygen atoms in total. The van der Waals surface area contributed by atoms with Gasteiger partial charge in [-0.25, -0.2) is 0 Å². The van der Waals surface area contributed by atoms with Crippen molar-refractivity contribution in [2.75, 3.05) is 51.1 Å². The summed E-state index contributed by atoms with van der Waals surface area (Å²) in [5.41, 5.74) is 0.00212. The normalized spacial score (nSPS) is 22.4. The van der Waals surface area contributed by atoms with E-state index in [-0.39, 0.29) is 41.7 Å². The number of carbonyl (C=O) groups is 5. The lowest BCUT2D eigenvalue weighted by Gasteiger charge is -2.63. The fraction of sp³-hybridized carbons (Fsp3) is 0.478. The van der Waals surface area contributed by atoms with Gasteiger partial charge in [0, 0.05) is 67.3 Å². The van der Waals surface area contributed by atoms with Crippen LogP contribution in [0.25, 0.3) is 0 Å². The van der Waals surface area contributed by atoms with Crippen LogP contribution in [0.15, 0.2) is 60.7 Å². The van der Waals surface area contributed by atoms with Crippen LogP contribution in [0.1, 0.15) is 101 Å². The van der Waals surface area contributed by atoms with Crippen molar-refractivity contribution in [3.05, 3.63) is 94.0 Å². The van der Waals surface area contributed by atoms with Crippen molar-refractivity contribution in [3.8, 4) is 11.8 Å². The second-order valence-electron chi connectivity index (χ2n) is 17.8. The molecule has 2 saturated heterocycles. The fourth-order valence-corrected chi connectivity index (χ4v) is 9.83. The van der Waals surface area contributed by atoms with Crippen LogP contribution in [0.3, 0.4) is 0 Å². The van der Waals surface area contributed by atoms with E-state index >= 15 is 0 Å². The van der Waals surface area contributed by atoms with Gasteiger partial charge in [-0.1, -0.05) is 45.9 Å². The van der Waals surface area contributed by atoms with E-state index in [1.54, 1.807) is 24.3 Å². The van der Waals surface area contributed by atoms with E-state index in [2.05, 4.69) is 25.8 Å². The largest absolute Gasteiger partial charge is 0.489 e. The molecule has 0 aromatic heterocycles. The predicted octanol–water partition coefficient (Wildman–Crippen LogP) is 5.64. The maximum absolute atomic E-state index is 13.6. The van der Waals surface area contributed by atoms with Gasteiger partial charge in [0.15, 0.2) is 0 Å². The zero-order chi connectivity index (χ0) is 44.6. The van der Waals surface area contributed by atoms with E-state index in [9.17, 15) is 37.1 Å². The lowest BCUT2D eigenvalue weighted by Crippen LogP contribution is -2.74. The SMILES string of the molecule is CC1(C)[C@H](NC(=O)c2ccc(CCCN3CCN(CCCNc4cccc5c4C(=O)N(C4CCC(=O)NC4=O)C5=O)CC3)cc2)C(C)(C)[C@H]1Oc1ccc(C#N)c(C(F)(F)F)c1. The molecule has 16 heteroatoms. The van der Waals surface area contributed by atoms with Crippen molar-refractivity contribution in [1.29, 1.82) is 5.26 Å². The molecule has 3 aromatic carbocycles. The van der Waals surface area contributed by atoms with E-state index < -0.39 is 63.9 Å². The second kappa shape index (κ2) is 17.5. The first-order valence-corrected chi connectivity index (χ1v) is 21.1. The van der Waals surface area contributed by atoms with E-state index in [1.165, 1.54) is 6.07 Å². The summed E-state index contributed by atoms with van der Waals surface area (Å²) in [5.74, 6) is -2.31. The van der Waals surface area contributed by atoms with Crippen molar-refractivity contribution in [2.24, 2.45) is 10.8 Å². The highest BCUT2D eigenvalue weighted by atomic mass is 19.4. The van der Waals surface area contributed by atoms with Gasteiger partial charge in [-0.2, -0.15) is 18.4 Å². The molecule has 3 aromatic rings. The highest BCUT2D eigenvalue weighted by Crippen LogP contribution is 2.55. The smallest absolute Gasteiger partial charge is 0.417 e. The summed E-state index contributed by atoms with van der Waals surface area (Å²) in [5, 5.41) is 17.8. The molecule has 328 valence electrons. The van der Waals surface area contributed by atoms with Crippen LogP contribution in [-0.4, -0.2) is 108 Å². The highest BCUT2D eigenvalue weighted by Gasteiger charge is 2.64. The monoisotopic (exact) mass is 855 g/mol. The number of alkyl halides is 3. The van der Waals surface area contributed by atoms with Gasteiger partial charge in [-0.15, -0.1) is 0 Å². The van der Waals surface area contributed by atoms with Crippen LogP contribution in [0, 0.1) is 22.2 Å². The van der Waals surface area contributed by atoms with Crippen LogP contribution >= 0.6 is 0 Å². The summed E-state index contributed by atoms with van der Waals surface area (Å²) in [6.45, 7) is 13.9. The molecule has 3 aliphatic heterocycles. The Labute approximate surface area is 358 Å². The minimum atomic E-state index is -4.70. The number of hydrogen-bond acceptors (Lipinski definition) is 10. The molecule has 3 fully saturated rings. The number of ether oxygens (including phenoxy) is 1. The third kappa shape index (κ3) is 8.92. The Balaban J connectivity index is 0.809. The number of carbonyl (C=O) groups excluding carboxylic acids is 5. The Hall–Kier alpha value is -5.79. The number of anilines is 1. The van der Waals surface area contributed by atoms with Crippen LogP contribution in [0.2, 0.25) is 0 Å². The third-order valence-electron chi connectivity index (χ3n) is 12.8. The van der Waals surface area contributed by atoms with Crippen LogP contribution in [0.4, 0.5) is 18.9 Å². The van der Waals surface area contributed by atoms with Gasteiger partial charge in [0.1, 0.15) is 17.9 Å². The maximum Gasteiger partial charge on any atom is 0.417 e. The average molecular weight is 856 g/mol. The van der Waals surface area contributed by atoms with Gasteiger partial charge in [-0.3, -0.25) is 34.2 Å². The predicted molar refractivity (Wildman–Crippen MR) is 223 cm³/mol. The van der Waals surface area contributed by atoms with Crippen LogP contribution in [0.5, 0.6) is 5.75 Å². The van der Waals surface area contributed by atoms with Crippen molar-refractivity contribution in [2.45, 2.75) is 84.2 Å². The molecule has 5 amide bonds. The maximum atomic E-state index is 13.6. The minimum absolute atomic E-state index is 0.0179. The summed E-state index contributed by atoms with van der Waals surface area (Å²) in [6, 6.07) is 16.3. The molecule has 1 atom stereocenters. The highest BCUT2D eigenvalue weighted by molar-refractivity contribution is 6.25. The van der Waals surface area contributed by atoms with Gasteiger partial charge >= 0.3 is 6.18 Å². The van der Waals surface area contributed by atoms with E-state index in [4.69, 9.17) is 10.00 Å². The van der Waals surface area contributed by atoms with E-state index in [0.29, 0.717) is 17.8 Å². The summed E-state index contributed by atoms with van der Waals surface area (Å²) < 4.78 is 46.8. The minimum Gasteiger partial charge on any atom is -0.489 e. The molecule has 4 aliphatic rings. The molecular weight excluding hydrogens is 804 g/mol. The number of piperazine rings is 1. The van der Waals surface area contributed by atoms with Crippen molar-refractivity contribution in [1.82, 2.24) is 25.3 Å². The number of hydrogen-bond donors (Lipinski definition) is 3. The number of aryl methyl sites for hydroxylation is 1. The lowest BCUT2D eigenvalue weighted by atomic mass is 9.49. The Morgan fingerprint density at radius 1 is 0.903 bits per heavy atom. The van der Waals surface area contributed by atoms with Crippen LogP contribution in [-0.2, 0) is 22.2 Å². The number of nitrogens with zero attached hydrogens (tertiary/aromatic N) is 4. The molecule has 1 aliphatic carbocycles. The molecule has 62 heavy (non-hydrogen) atoms. The molecule has 3 heterocycles. The number of fused-ring (bicyclic) bond motifs is 1. The summed E-state index contributed by atoms with van der Waals surface area (Å²) in [4.78, 5) is 69.8. The molecule has 3 N–H and O–H groups in total. The van der Waals surface area contributed by atoms with E-state index in [1.807, 2.05) is 52.0 Å². The molecule has 1 saturated carbocycles. The Morgan fingerprint density at radius 2 is 1.56 bits per heavy atom. The van der Waals surface area contributed by atoms with Gasteiger partial charge in [0.25, 0.3) is 17.7 Å². The topological polar surface area (TPSA) is 164 Å². The fourth-order valence-electron chi connectivity index (χ4n) is 9.83. The molecular formula is C46H52F3N7O6. The zero-order valence-corrected chi connectivity index (χ0v) is 35.4. The average Bonchev–Trinajstić information content (AvgIpc) is 3.49. The Morgan fingerprint density at radius 3 is 2.19 bits per heavy atom. The number of piperidine rings is 1. The van der Waals surface area contributed by atoms with Gasteiger partial charge in [0.05, 0.1) is 28.3 Å². The number of nitriles is 1. The third-order valence-corrected chi connectivity index (χ3v) is 12.8. The molecule has 0 spiro atoms. The number of rotatable bonds is 14. The Kier molecular flexibility index (Phi) is 12.5. The first kappa shape index (κ1) is 44.3. The quantitative estimate of drug-likeness (QED) is 0.137.